The molecule has 2 aromatic rings. The van der Waals surface area contributed by atoms with Crippen molar-refractivity contribution < 1.29 is 14.3 Å². The molecule has 1 saturated heterocycles. The third-order valence-electron chi connectivity index (χ3n) is 4.98. The first-order valence-electron chi connectivity index (χ1n) is 9.10. The van der Waals surface area contributed by atoms with Gasteiger partial charge in [-0.2, -0.15) is 0 Å². The molecule has 2 heterocycles. The smallest absolute Gasteiger partial charge is 0.341 e. The molecule has 0 spiro atoms. The van der Waals surface area contributed by atoms with E-state index in [1.807, 2.05) is 4.90 Å². The lowest BCUT2D eigenvalue weighted by Gasteiger charge is -2.21. The molecular weight excluding hydrogens is 351 g/mol. The Hall–Kier alpha value is -2.61. The molecule has 27 heavy (non-hydrogen) atoms. The lowest BCUT2D eigenvalue weighted by Crippen LogP contribution is -2.31. The summed E-state index contributed by atoms with van der Waals surface area (Å²) in [4.78, 5) is 25.7. The maximum Gasteiger partial charge on any atom is 0.341 e. The van der Waals surface area contributed by atoms with Gasteiger partial charge in [-0.1, -0.05) is 13.8 Å². The molecule has 1 aliphatic heterocycles. The van der Waals surface area contributed by atoms with Gasteiger partial charge in [-0.05, 0) is 31.0 Å². The number of rotatable bonds is 6. The average molecular weight is 376 g/mol. The molecule has 0 saturated carbocycles. The predicted octanol–water partition coefficient (Wildman–Crippen LogP) is 1.84. The van der Waals surface area contributed by atoms with Crippen molar-refractivity contribution in [3.05, 3.63) is 39.9 Å². The van der Waals surface area contributed by atoms with Crippen molar-refractivity contribution in [2.45, 2.75) is 26.3 Å². The van der Waals surface area contributed by atoms with Crippen LogP contribution in [0.1, 0.15) is 30.6 Å². The summed E-state index contributed by atoms with van der Waals surface area (Å²) in [6.07, 6.45) is 2.20. The molecule has 7 nitrogen and oxygen atoms in total. The van der Waals surface area contributed by atoms with Gasteiger partial charge >= 0.3 is 5.97 Å². The molecule has 0 radical (unpaired) electrons. The molecular formula is C19H25FN4O3. The van der Waals surface area contributed by atoms with Gasteiger partial charge in [0.1, 0.15) is 11.4 Å². The normalized spacial score (nSPS) is 17.1. The first kappa shape index (κ1) is 19.2. The summed E-state index contributed by atoms with van der Waals surface area (Å²) in [5.41, 5.74) is 2.63. The fraction of sp³-hybridized carbons (Fsp3) is 0.474. The Balaban J connectivity index is 1.99. The monoisotopic (exact) mass is 376 g/mol. The Morgan fingerprint density at radius 1 is 1.41 bits per heavy atom. The van der Waals surface area contributed by atoms with Gasteiger partial charge in [0.2, 0.25) is 5.43 Å². The van der Waals surface area contributed by atoms with Crippen LogP contribution < -0.4 is 21.1 Å². The minimum Gasteiger partial charge on any atom is -0.477 e. The van der Waals surface area contributed by atoms with Crippen LogP contribution in [0.5, 0.6) is 0 Å². The van der Waals surface area contributed by atoms with E-state index in [0.29, 0.717) is 23.2 Å². The molecule has 1 aliphatic rings. The molecule has 1 unspecified atom stereocenters. The molecule has 146 valence electrons. The standard InChI is InChI=1S/C19H25FN4O3/c1-11(2)22-8-12-4-5-23(9-12)17-7-16-13(6-15(17)20)18(25)14(19(26)27)10-24(16)21-3/h6-7,10-12,21-22H,4-5,8-9H2,1-3H3,(H,26,27). The second kappa shape index (κ2) is 7.56. The van der Waals surface area contributed by atoms with E-state index in [0.717, 1.165) is 32.1 Å². The van der Waals surface area contributed by atoms with Gasteiger partial charge in [-0.3, -0.25) is 9.47 Å². The molecule has 0 amide bonds. The first-order chi connectivity index (χ1) is 12.8. The van der Waals surface area contributed by atoms with Crippen molar-refractivity contribution in [3.63, 3.8) is 0 Å². The largest absolute Gasteiger partial charge is 0.477 e. The number of aromatic nitrogens is 1. The summed E-state index contributed by atoms with van der Waals surface area (Å²) < 4.78 is 16.2. The number of halogens is 1. The summed E-state index contributed by atoms with van der Waals surface area (Å²) in [6, 6.07) is 3.17. The number of hydrogen-bond donors (Lipinski definition) is 3. The lowest BCUT2D eigenvalue weighted by atomic mass is 10.1. The fourth-order valence-electron chi connectivity index (χ4n) is 3.53. The molecule has 0 bridgehead atoms. The lowest BCUT2D eigenvalue weighted by molar-refractivity contribution is 0.0695. The Kier molecular flexibility index (Phi) is 5.36. The van der Waals surface area contributed by atoms with Crippen LogP contribution in [0, 0.1) is 11.7 Å². The molecule has 1 atom stereocenters. The van der Waals surface area contributed by atoms with E-state index in [4.69, 9.17) is 0 Å². The van der Waals surface area contributed by atoms with Crippen molar-refractivity contribution in [3.8, 4) is 0 Å². The predicted molar refractivity (Wildman–Crippen MR) is 104 cm³/mol. The van der Waals surface area contributed by atoms with Gasteiger partial charge in [0.05, 0.1) is 16.6 Å². The number of fused-ring (bicyclic) bond motifs is 1. The minimum absolute atomic E-state index is 0.0442. The van der Waals surface area contributed by atoms with Crippen LogP contribution in [0.15, 0.2) is 23.1 Å². The molecule has 1 aromatic carbocycles. The number of carboxylic acids is 1. The Labute approximate surface area is 156 Å². The SMILES string of the molecule is CNn1cc(C(=O)O)c(=O)c2cc(F)c(N3CCC(CNC(C)C)C3)cc21. The number of carbonyl (C=O) groups is 1. The summed E-state index contributed by atoms with van der Waals surface area (Å²) in [5.74, 6) is -1.42. The third-order valence-corrected chi connectivity index (χ3v) is 4.98. The Morgan fingerprint density at radius 2 is 2.15 bits per heavy atom. The van der Waals surface area contributed by atoms with Gasteiger partial charge in [-0.15, -0.1) is 0 Å². The van der Waals surface area contributed by atoms with Crippen LogP contribution in [-0.2, 0) is 0 Å². The van der Waals surface area contributed by atoms with Gasteiger partial charge in [0, 0.05) is 32.4 Å². The average Bonchev–Trinajstić information content (AvgIpc) is 3.08. The quantitative estimate of drug-likeness (QED) is 0.713. The van der Waals surface area contributed by atoms with Crippen LogP contribution in [-0.4, -0.2) is 48.5 Å². The van der Waals surface area contributed by atoms with Crippen LogP contribution in [0.4, 0.5) is 10.1 Å². The van der Waals surface area contributed by atoms with Gasteiger partial charge in [0.15, 0.2) is 0 Å². The number of carboxylic acid groups (broad SMARTS) is 1. The topological polar surface area (TPSA) is 86.6 Å². The second-order valence-corrected chi connectivity index (χ2v) is 7.26. The zero-order chi connectivity index (χ0) is 19.7. The summed E-state index contributed by atoms with van der Waals surface area (Å²) in [5, 5.41) is 12.7. The van der Waals surface area contributed by atoms with E-state index in [2.05, 4.69) is 24.6 Å². The number of benzene rings is 1. The van der Waals surface area contributed by atoms with Crippen LogP contribution in [0.2, 0.25) is 0 Å². The molecule has 1 fully saturated rings. The number of aromatic carboxylic acids is 1. The van der Waals surface area contributed by atoms with E-state index in [9.17, 15) is 19.1 Å². The molecule has 0 aliphatic carbocycles. The highest BCUT2D eigenvalue weighted by molar-refractivity contribution is 5.93. The molecule has 3 rings (SSSR count). The minimum atomic E-state index is -1.34. The van der Waals surface area contributed by atoms with Crippen molar-refractivity contribution in [1.29, 1.82) is 0 Å². The van der Waals surface area contributed by atoms with Crippen molar-refractivity contribution >= 4 is 22.6 Å². The summed E-state index contributed by atoms with van der Waals surface area (Å²) >= 11 is 0. The van der Waals surface area contributed by atoms with E-state index < -0.39 is 22.8 Å². The van der Waals surface area contributed by atoms with Crippen molar-refractivity contribution in [2.75, 3.05) is 37.0 Å². The van der Waals surface area contributed by atoms with Crippen molar-refractivity contribution in [1.82, 2.24) is 9.99 Å². The Morgan fingerprint density at radius 3 is 2.78 bits per heavy atom. The molecule has 1 aromatic heterocycles. The zero-order valence-electron chi connectivity index (χ0n) is 15.8. The third kappa shape index (κ3) is 3.75. The number of nitrogens with one attached hydrogen (secondary N) is 2. The maximum absolute atomic E-state index is 14.8. The van der Waals surface area contributed by atoms with E-state index >= 15 is 0 Å². The zero-order valence-corrected chi connectivity index (χ0v) is 15.8. The number of hydrogen-bond acceptors (Lipinski definition) is 5. The van der Waals surface area contributed by atoms with Crippen LogP contribution >= 0.6 is 0 Å². The summed E-state index contributed by atoms with van der Waals surface area (Å²) in [7, 11) is 1.61. The van der Waals surface area contributed by atoms with Gasteiger partial charge < -0.3 is 20.7 Å². The van der Waals surface area contributed by atoms with Crippen molar-refractivity contribution in [2.24, 2.45) is 5.92 Å². The number of anilines is 1. The number of pyridine rings is 1. The highest BCUT2D eigenvalue weighted by Crippen LogP contribution is 2.29. The summed E-state index contributed by atoms with van der Waals surface area (Å²) in [6.45, 7) is 6.55. The highest BCUT2D eigenvalue weighted by Gasteiger charge is 2.26. The Bertz CT molecular complexity index is 925. The first-order valence-corrected chi connectivity index (χ1v) is 9.10. The number of nitrogens with zero attached hydrogens (tertiary/aromatic N) is 2. The van der Waals surface area contributed by atoms with Crippen LogP contribution in [0.3, 0.4) is 0 Å². The van der Waals surface area contributed by atoms with Gasteiger partial charge in [-0.25, -0.2) is 9.18 Å². The highest BCUT2D eigenvalue weighted by atomic mass is 19.1. The van der Waals surface area contributed by atoms with E-state index in [1.165, 1.54) is 10.9 Å². The second-order valence-electron chi connectivity index (χ2n) is 7.26. The maximum atomic E-state index is 14.8. The van der Waals surface area contributed by atoms with E-state index in [1.54, 1.807) is 13.1 Å². The van der Waals surface area contributed by atoms with Gasteiger partial charge in [0.25, 0.3) is 0 Å². The fourth-order valence-corrected chi connectivity index (χ4v) is 3.53. The van der Waals surface area contributed by atoms with Crippen LogP contribution in [0.25, 0.3) is 10.9 Å². The molecule has 8 heteroatoms. The van der Waals surface area contributed by atoms with E-state index in [-0.39, 0.29) is 5.39 Å². The molecule has 3 N–H and O–H groups in total.